The molecule has 0 fully saturated rings. The summed E-state index contributed by atoms with van der Waals surface area (Å²) in [7, 11) is 1.47. The van der Waals surface area contributed by atoms with Crippen molar-refractivity contribution < 1.29 is 18.7 Å². The van der Waals surface area contributed by atoms with Crippen LogP contribution in [0, 0.1) is 5.82 Å². The van der Waals surface area contributed by atoms with Crippen LogP contribution in [0.15, 0.2) is 24.4 Å². The van der Waals surface area contributed by atoms with Gasteiger partial charge >= 0.3 is 5.97 Å². The largest absolute Gasteiger partial charge is 0.497 e. The van der Waals surface area contributed by atoms with Gasteiger partial charge in [0.2, 0.25) is 5.95 Å². The zero-order valence-corrected chi connectivity index (χ0v) is 12.6. The van der Waals surface area contributed by atoms with Crippen molar-refractivity contribution in [3.63, 3.8) is 0 Å². The van der Waals surface area contributed by atoms with E-state index < -0.39 is 11.8 Å². The number of ether oxygens (including phenoxy) is 2. The van der Waals surface area contributed by atoms with Gasteiger partial charge < -0.3 is 14.8 Å². The van der Waals surface area contributed by atoms with Gasteiger partial charge in [0.25, 0.3) is 0 Å². The summed E-state index contributed by atoms with van der Waals surface area (Å²) >= 11 is 5.91. The summed E-state index contributed by atoms with van der Waals surface area (Å²) in [6, 6.07) is 4.18. The maximum absolute atomic E-state index is 13.7. The maximum atomic E-state index is 13.7. The van der Waals surface area contributed by atoms with Gasteiger partial charge in [-0.3, -0.25) is 0 Å². The molecule has 0 radical (unpaired) electrons. The number of nitrogens with zero attached hydrogens (tertiary/aromatic N) is 2. The first-order valence-corrected chi connectivity index (χ1v) is 6.73. The number of carbonyl (C=O) groups is 1. The number of carbonyl (C=O) groups excluding carboxylic acids is 1. The van der Waals surface area contributed by atoms with Crippen molar-refractivity contribution in [2.24, 2.45) is 0 Å². The number of methoxy groups -OCH3 is 1. The van der Waals surface area contributed by atoms with Crippen molar-refractivity contribution in [1.82, 2.24) is 9.97 Å². The highest BCUT2D eigenvalue weighted by atomic mass is 35.5. The molecule has 0 saturated heterocycles. The Morgan fingerprint density at radius 1 is 1.45 bits per heavy atom. The molecule has 1 aromatic heterocycles. The summed E-state index contributed by atoms with van der Waals surface area (Å²) in [4.78, 5) is 19.4. The van der Waals surface area contributed by atoms with Gasteiger partial charge in [-0.1, -0.05) is 11.6 Å². The standard InChI is InChI=1S/C14H13ClFN3O3/c1-3-22-13(20)9-7-17-14(19-12(9)15)18-11-6-8(21-2)4-5-10(11)16/h4-7H,3H2,1-2H3,(H,17,18,19). The number of aromatic nitrogens is 2. The molecule has 0 saturated carbocycles. The van der Waals surface area contributed by atoms with Crippen LogP contribution >= 0.6 is 11.6 Å². The molecule has 1 N–H and O–H groups in total. The van der Waals surface area contributed by atoms with Crippen LogP contribution in [0.3, 0.4) is 0 Å². The molecule has 0 spiro atoms. The molecule has 1 aromatic carbocycles. The van der Waals surface area contributed by atoms with Crippen molar-refractivity contribution in [3.8, 4) is 5.75 Å². The summed E-state index contributed by atoms with van der Waals surface area (Å²) < 4.78 is 23.5. The molecule has 22 heavy (non-hydrogen) atoms. The van der Waals surface area contributed by atoms with Crippen molar-refractivity contribution in [2.75, 3.05) is 19.0 Å². The van der Waals surface area contributed by atoms with Gasteiger partial charge in [-0.25, -0.2) is 14.2 Å². The zero-order valence-electron chi connectivity index (χ0n) is 11.9. The lowest BCUT2D eigenvalue weighted by Gasteiger charge is -2.09. The molecule has 0 aliphatic carbocycles. The number of nitrogens with one attached hydrogen (secondary N) is 1. The molecule has 0 unspecified atom stereocenters. The number of benzene rings is 1. The summed E-state index contributed by atoms with van der Waals surface area (Å²) in [5.74, 6) is -0.607. The summed E-state index contributed by atoms with van der Waals surface area (Å²) in [6.07, 6.45) is 1.22. The van der Waals surface area contributed by atoms with Crippen LogP contribution in [-0.2, 0) is 4.74 Å². The number of rotatable bonds is 5. The van der Waals surface area contributed by atoms with Gasteiger partial charge in [0.1, 0.15) is 22.3 Å². The fourth-order valence-corrected chi connectivity index (χ4v) is 1.82. The highest BCUT2D eigenvalue weighted by Crippen LogP contribution is 2.24. The van der Waals surface area contributed by atoms with Gasteiger partial charge in [0.15, 0.2) is 0 Å². The first-order chi connectivity index (χ1) is 10.5. The predicted molar refractivity (Wildman–Crippen MR) is 79.2 cm³/mol. The number of hydrogen-bond acceptors (Lipinski definition) is 6. The highest BCUT2D eigenvalue weighted by molar-refractivity contribution is 6.32. The molecule has 2 aromatic rings. The maximum Gasteiger partial charge on any atom is 0.342 e. The Kier molecular flexibility index (Phi) is 5.11. The Labute approximate surface area is 131 Å². The summed E-state index contributed by atoms with van der Waals surface area (Å²) in [5, 5.41) is 2.59. The van der Waals surface area contributed by atoms with Gasteiger partial charge in [-0.2, -0.15) is 4.98 Å². The third-order valence-electron chi connectivity index (χ3n) is 2.66. The van der Waals surface area contributed by atoms with E-state index in [0.29, 0.717) is 5.75 Å². The number of halogens is 2. The van der Waals surface area contributed by atoms with E-state index in [1.54, 1.807) is 6.92 Å². The van der Waals surface area contributed by atoms with Crippen molar-refractivity contribution >= 4 is 29.2 Å². The summed E-state index contributed by atoms with van der Waals surface area (Å²) in [5.41, 5.74) is 0.166. The second-order valence-corrected chi connectivity index (χ2v) is 4.45. The van der Waals surface area contributed by atoms with E-state index in [1.807, 2.05) is 0 Å². The molecular formula is C14H13ClFN3O3. The highest BCUT2D eigenvalue weighted by Gasteiger charge is 2.15. The molecule has 0 atom stereocenters. The molecule has 1 heterocycles. The molecular weight excluding hydrogens is 313 g/mol. The lowest BCUT2D eigenvalue weighted by molar-refractivity contribution is 0.0525. The van der Waals surface area contributed by atoms with Crippen molar-refractivity contribution in [2.45, 2.75) is 6.92 Å². The van der Waals surface area contributed by atoms with Crippen LogP contribution in [0.1, 0.15) is 17.3 Å². The van der Waals surface area contributed by atoms with Crippen LogP contribution in [0.4, 0.5) is 16.0 Å². The smallest absolute Gasteiger partial charge is 0.342 e. The van der Waals surface area contributed by atoms with Crippen LogP contribution in [0.2, 0.25) is 5.15 Å². The van der Waals surface area contributed by atoms with E-state index in [1.165, 1.54) is 31.5 Å². The fraction of sp³-hybridized carbons (Fsp3) is 0.214. The SMILES string of the molecule is CCOC(=O)c1cnc(Nc2cc(OC)ccc2F)nc1Cl. The van der Waals surface area contributed by atoms with Crippen LogP contribution in [0.5, 0.6) is 5.75 Å². The second kappa shape index (κ2) is 7.04. The van der Waals surface area contributed by atoms with Gasteiger partial charge in [0.05, 0.1) is 19.4 Å². The fourth-order valence-electron chi connectivity index (χ4n) is 1.61. The Bertz CT molecular complexity index is 697. The number of esters is 1. The molecule has 116 valence electrons. The van der Waals surface area contributed by atoms with Crippen LogP contribution in [0.25, 0.3) is 0 Å². The quantitative estimate of drug-likeness (QED) is 0.672. The Hall–Kier alpha value is -2.41. The number of hydrogen-bond donors (Lipinski definition) is 1. The van der Waals surface area contributed by atoms with E-state index in [2.05, 4.69) is 15.3 Å². The second-order valence-electron chi connectivity index (χ2n) is 4.09. The molecule has 6 nitrogen and oxygen atoms in total. The molecule has 2 rings (SSSR count). The van der Waals surface area contributed by atoms with Crippen molar-refractivity contribution in [1.29, 1.82) is 0 Å². The van der Waals surface area contributed by atoms with Gasteiger partial charge in [-0.05, 0) is 19.1 Å². The van der Waals surface area contributed by atoms with E-state index in [4.69, 9.17) is 21.1 Å². The molecule has 0 aliphatic heterocycles. The summed E-state index contributed by atoms with van der Waals surface area (Å²) in [6.45, 7) is 1.89. The average Bonchev–Trinajstić information content (AvgIpc) is 2.50. The van der Waals surface area contributed by atoms with E-state index in [0.717, 1.165) is 0 Å². The third kappa shape index (κ3) is 3.62. The van der Waals surface area contributed by atoms with Crippen molar-refractivity contribution in [3.05, 3.63) is 40.9 Å². The van der Waals surface area contributed by atoms with E-state index in [9.17, 15) is 9.18 Å². The lowest BCUT2D eigenvalue weighted by atomic mass is 10.3. The predicted octanol–water partition coefficient (Wildman–Crippen LogP) is 3.20. The average molecular weight is 326 g/mol. The minimum atomic E-state index is -0.619. The van der Waals surface area contributed by atoms with E-state index in [-0.39, 0.29) is 29.0 Å². The molecule has 0 bridgehead atoms. The van der Waals surface area contributed by atoms with Crippen LogP contribution < -0.4 is 10.1 Å². The first-order valence-electron chi connectivity index (χ1n) is 6.35. The lowest BCUT2D eigenvalue weighted by Crippen LogP contribution is -2.08. The van der Waals surface area contributed by atoms with Gasteiger partial charge in [0, 0.05) is 12.3 Å². The monoisotopic (exact) mass is 325 g/mol. The Morgan fingerprint density at radius 3 is 2.86 bits per heavy atom. The Balaban J connectivity index is 2.24. The minimum absolute atomic E-state index is 0.0418. The van der Waals surface area contributed by atoms with Crippen LogP contribution in [-0.4, -0.2) is 29.7 Å². The number of anilines is 2. The Morgan fingerprint density at radius 2 is 2.23 bits per heavy atom. The normalized spacial score (nSPS) is 10.2. The minimum Gasteiger partial charge on any atom is -0.497 e. The van der Waals surface area contributed by atoms with Gasteiger partial charge in [-0.15, -0.1) is 0 Å². The molecule has 0 aliphatic rings. The third-order valence-corrected chi connectivity index (χ3v) is 2.95. The topological polar surface area (TPSA) is 73.3 Å². The molecule has 0 amide bonds. The first kappa shape index (κ1) is 16.0. The van der Waals surface area contributed by atoms with E-state index >= 15 is 0 Å². The molecule has 8 heteroatoms. The zero-order chi connectivity index (χ0) is 16.1.